The molecule has 7 rings (SSSR count). The first-order valence-electron chi connectivity index (χ1n) is 15.3. The summed E-state index contributed by atoms with van der Waals surface area (Å²) in [6.07, 6.45) is 8.46. The summed E-state index contributed by atoms with van der Waals surface area (Å²) in [6.45, 7) is 1.30. The van der Waals surface area contributed by atoms with Gasteiger partial charge >= 0.3 is 0 Å². The van der Waals surface area contributed by atoms with Crippen LogP contribution in [0.3, 0.4) is 0 Å². The average molecular weight is 582 g/mol. The van der Waals surface area contributed by atoms with E-state index in [1.165, 1.54) is 0 Å². The Morgan fingerprint density at radius 2 is 1.12 bits per heavy atom. The van der Waals surface area contributed by atoms with E-state index < -0.39 is 12.1 Å². The lowest BCUT2D eigenvalue weighted by atomic mass is 10.1. The summed E-state index contributed by atoms with van der Waals surface area (Å²) in [6, 6.07) is 13.8. The number of oxazole rings is 1. The number of nitrogens with one attached hydrogen (secondary N) is 2. The van der Waals surface area contributed by atoms with Crippen LogP contribution in [0.25, 0.3) is 22.8 Å². The van der Waals surface area contributed by atoms with Gasteiger partial charge in [0.05, 0.1) is 6.20 Å². The van der Waals surface area contributed by atoms with Crippen LogP contribution in [0.15, 0.2) is 59.1 Å². The number of carbonyl (C=O) groups excluding carboxylic acids is 4. The molecule has 222 valence electrons. The van der Waals surface area contributed by atoms with Crippen molar-refractivity contribution in [1.82, 2.24) is 14.8 Å². The van der Waals surface area contributed by atoms with Crippen LogP contribution in [0.4, 0.5) is 11.4 Å². The van der Waals surface area contributed by atoms with Gasteiger partial charge in [-0.25, -0.2) is 4.98 Å². The molecule has 3 heterocycles. The Labute approximate surface area is 249 Å². The van der Waals surface area contributed by atoms with E-state index in [9.17, 15) is 19.2 Å². The molecular formula is C33H35N5O5. The third-order valence-corrected chi connectivity index (χ3v) is 8.87. The van der Waals surface area contributed by atoms with Crippen LogP contribution in [-0.4, -0.2) is 63.6 Å². The van der Waals surface area contributed by atoms with Gasteiger partial charge in [-0.15, -0.1) is 0 Å². The van der Waals surface area contributed by atoms with E-state index in [-0.39, 0.29) is 35.5 Å². The van der Waals surface area contributed by atoms with Crippen molar-refractivity contribution in [3.05, 3.63) is 54.7 Å². The van der Waals surface area contributed by atoms with E-state index >= 15 is 0 Å². The molecule has 2 atom stereocenters. The summed E-state index contributed by atoms with van der Waals surface area (Å²) in [5.74, 6) is 1.19. The molecule has 2 aliphatic heterocycles. The molecule has 0 radical (unpaired) electrons. The number of hydrogen-bond acceptors (Lipinski definition) is 6. The fraction of sp³-hybridized carbons (Fsp3) is 0.424. The molecule has 0 spiro atoms. The van der Waals surface area contributed by atoms with Crippen LogP contribution >= 0.6 is 0 Å². The van der Waals surface area contributed by atoms with Gasteiger partial charge in [-0.1, -0.05) is 0 Å². The minimum absolute atomic E-state index is 0.106. The molecule has 2 saturated carbocycles. The zero-order valence-corrected chi connectivity index (χ0v) is 24.0. The van der Waals surface area contributed by atoms with E-state index in [4.69, 9.17) is 4.42 Å². The molecule has 2 aliphatic carbocycles. The van der Waals surface area contributed by atoms with Gasteiger partial charge in [-0.05, 0) is 99.9 Å². The number of rotatable bonds is 8. The normalized spacial score (nSPS) is 21.6. The summed E-state index contributed by atoms with van der Waals surface area (Å²) < 4.78 is 6.02. The van der Waals surface area contributed by atoms with Crippen LogP contribution in [-0.2, 0) is 19.2 Å². The number of aromatic nitrogens is 1. The van der Waals surface area contributed by atoms with Crippen LogP contribution in [0.2, 0.25) is 0 Å². The number of carbonyl (C=O) groups is 4. The van der Waals surface area contributed by atoms with Crippen molar-refractivity contribution in [1.29, 1.82) is 0 Å². The standard InChI is InChI=1S/C33H35N5O5/c39-29(26-3-1-17-37(26)32(41)22-5-6-22)35-24-13-9-20(10-14-24)28-19-34-31(43-28)21-11-15-25(16-12-21)36-30(40)27-4-2-18-38(27)33(42)23-7-8-23/h9-16,19,22-23,26-27H,1-8,17-18H2,(H,35,39)(H,36,40). The van der Waals surface area contributed by atoms with Crippen molar-refractivity contribution in [3.63, 3.8) is 0 Å². The SMILES string of the molecule is O=C(Nc1ccc(-c2cnc(-c3ccc(NC(=O)C4CCCN4C(=O)C4CC4)cc3)o2)cc1)C1CCCN1C(=O)C1CC1. The second-order valence-electron chi connectivity index (χ2n) is 12.1. The lowest BCUT2D eigenvalue weighted by molar-refractivity contribution is -0.137. The topological polar surface area (TPSA) is 125 Å². The lowest BCUT2D eigenvalue weighted by Gasteiger charge is -2.24. The highest BCUT2D eigenvalue weighted by molar-refractivity contribution is 5.99. The van der Waals surface area contributed by atoms with E-state index in [1.54, 1.807) is 28.1 Å². The number of benzene rings is 2. The van der Waals surface area contributed by atoms with Crippen LogP contribution in [0.5, 0.6) is 0 Å². The van der Waals surface area contributed by atoms with Crippen molar-refractivity contribution in [3.8, 4) is 22.8 Å². The lowest BCUT2D eigenvalue weighted by Crippen LogP contribution is -2.43. The number of hydrogen-bond donors (Lipinski definition) is 2. The third kappa shape index (κ3) is 5.78. The zero-order valence-electron chi connectivity index (χ0n) is 24.0. The minimum atomic E-state index is -0.407. The van der Waals surface area contributed by atoms with Crippen LogP contribution in [0, 0.1) is 11.8 Å². The van der Waals surface area contributed by atoms with Gasteiger partial charge in [0.25, 0.3) is 0 Å². The molecule has 1 aromatic heterocycles. The first-order chi connectivity index (χ1) is 20.9. The maximum Gasteiger partial charge on any atom is 0.247 e. The minimum Gasteiger partial charge on any atom is -0.436 e. The Kier molecular flexibility index (Phi) is 7.20. The zero-order chi connectivity index (χ0) is 29.5. The van der Waals surface area contributed by atoms with E-state index in [0.717, 1.165) is 49.7 Å². The summed E-state index contributed by atoms with van der Waals surface area (Å²) in [5, 5.41) is 5.92. The van der Waals surface area contributed by atoms with Crippen molar-refractivity contribution < 1.29 is 23.6 Å². The summed E-state index contributed by atoms with van der Waals surface area (Å²) in [5.41, 5.74) is 2.89. The van der Waals surface area contributed by atoms with Crippen molar-refractivity contribution in [2.45, 2.75) is 63.5 Å². The molecule has 2 saturated heterocycles. The molecule has 43 heavy (non-hydrogen) atoms. The molecule has 2 unspecified atom stereocenters. The number of anilines is 2. The highest BCUT2D eigenvalue weighted by Crippen LogP contribution is 2.35. The summed E-state index contributed by atoms with van der Waals surface area (Å²) in [7, 11) is 0. The molecule has 3 aromatic rings. The van der Waals surface area contributed by atoms with Crippen LogP contribution < -0.4 is 10.6 Å². The fourth-order valence-corrected chi connectivity index (χ4v) is 6.14. The summed E-state index contributed by atoms with van der Waals surface area (Å²) >= 11 is 0. The molecule has 4 fully saturated rings. The van der Waals surface area contributed by atoms with Crippen molar-refractivity contribution in [2.24, 2.45) is 11.8 Å². The van der Waals surface area contributed by atoms with Gasteiger partial charge in [0.1, 0.15) is 12.1 Å². The van der Waals surface area contributed by atoms with Gasteiger partial charge < -0.3 is 24.9 Å². The van der Waals surface area contributed by atoms with Crippen molar-refractivity contribution in [2.75, 3.05) is 23.7 Å². The molecule has 4 aliphatic rings. The van der Waals surface area contributed by atoms with Gasteiger partial charge in [0, 0.05) is 47.4 Å². The van der Waals surface area contributed by atoms with Gasteiger partial charge in [0.15, 0.2) is 5.76 Å². The number of nitrogens with zero attached hydrogens (tertiary/aromatic N) is 3. The van der Waals surface area contributed by atoms with Gasteiger partial charge in [-0.3, -0.25) is 19.2 Å². The average Bonchev–Trinajstić information content (AvgIpc) is 3.88. The highest BCUT2D eigenvalue weighted by Gasteiger charge is 2.42. The Morgan fingerprint density at radius 3 is 1.58 bits per heavy atom. The Hall–Kier alpha value is -4.47. The quantitative estimate of drug-likeness (QED) is 0.398. The second kappa shape index (κ2) is 11.3. The van der Waals surface area contributed by atoms with Gasteiger partial charge in [0.2, 0.25) is 29.5 Å². The molecule has 2 N–H and O–H groups in total. The first-order valence-corrected chi connectivity index (χ1v) is 15.3. The summed E-state index contributed by atoms with van der Waals surface area (Å²) in [4.78, 5) is 58.9. The largest absolute Gasteiger partial charge is 0.436 e. The predicted molar refractivity (Wildman–Crippen MR) is 160 cm³/mol. The van der Waals surface area contributed by atoms with E-state index in [1.807, 2.05) is 36.4 Å². The maximum atomic E-state index is 12.9. The number of amides is 4. The van der Waals surface area contributed by atoms with Gasteiger partial charge in [-0.2, -0.15) is 0 Å². The molecular weight excluding hydrogens is 546 g/mol. The van der Waals surface area contributed by atoms with Crippen molar-refractivity contribution >= 4 is 35.0 Å². The number of likely N-dealkylation sites (tertiary alicyclic amines) is 2. The molecule has 2 aromatic carbocycles. The smallest absolute Gasteiger partial charge is 0.247 e. The van der Waals surface area contributed by atoms with E-state index in [0.29, 0.717) is 49.0 Å². The molecule has 0 bridgehead atoms. The van der Waals surface area contributed by atoms with Crippen LogP contribution in [0.1, 0.15) is 51.4 Å². The Morgan fingerprint density at radius 1 is 0.651 bits per heavy atom. The maximum absolute atomic E-state index is 12.9. The fourth-order valence-electron chi connectivity index (χ4n) is 6.14. The second-order valence-corrected chi connectivity index (χ2v) is 12.1. The predicted octanol–water partition coefficient (Wildman–Crippen LogP) is 4.69. The molecule has 10 nitrogen and oxygen atoms in total. The van der Waals surface area contributed by atoms with E-state index in [2.05, 4.69) is 15.6 Å². The highest BCUT2D eigenvalue weighted by atomic mass is 16.4. The third-order valence-electron chi connectivity index (χ3n) is 8.87. The monoisotopic (exact) mass is 581 g/mol. The molecule has 4 amide bonds. The Balaban J connectivity index is 0.954. The Bertz CT molecular complexity index is 1430. The molecule has 10 heteroatoms. The first kappa shape index (κ1) is 27.4.